The summed E-state index contributed by atoms with van der Waals surface area (Å²) < 4.78 is 0. The van der Waals surface area contributed by atoms with Crippen LogP contribution in [0.1, 0.15) is 14.5 Å². The number of rotatable bonds is 3. The quantitative estimate of drug-likeness (QED) is 0.774. The molecule has 0 aliphatic carbocycles. The van der Waals surface area contributed by atoms with Crippen LogP contribution in [0, 0.1) is 11.8 Å². The summed E-state index contributed by atoms with van der Waals surface area (Å²) in [5, 5.41) is 3.02. The van der Waals surface area contributed by atoms with Gasteiger partial charge in [-0.3, -0.25) is 9.69 Å². The van der Waals surface area contributed by atoms with E-state index in [0.717, 1.165) is 24.5 Å². The number of hydrogen-bond donors (Lipinski definition) is 2. The molecule has 1 aliphatic rings. The second-order valence-electron chi connectivity index (χ2n) is 5.28. The molecule has 1 saturated heterocycles. The van der Waals surface area contributed by atoms with Crippen molar-refractivity contribution in [1.82, 2.24) is 15.1 Å². The molecule has 1 aliphatic heterocycles. The molecule has 1 fully saturated rings. The van der Waals surface area contributed by atoms with E-state index >= 15 is 0 Å². The highest BCUT2D eigenvalue weighted by Gasteiger charge is 2.22. The summed E-state index contributed by atoms with van der Waals surface area (Å²) >= 11 is 1.40. The SMILES string of the molecule is CN1CCN(C)C(CNC(=O)c2ccc(C#CCN)s2)C1. The highest BCUT2D eigenvalue weighted by Crippen LogP contribution is 2.15. The molecule has 0 spiro atoms. The first-order valence-corrected chi connectivity index (χ1v) is 7.87. The van der Waals surface area contributed by atoms with Crippen molar-refractivity contribution in [1.29, 1.82) is 0 Å². The van der Waals surface area contributed by atoms with E-state index < -0.39 is 0 Å². The van der Waals surface area contributed by atoms with Crippen LogP contribution in [0.5, 0.6) is 0 Å². The first-order valence-electron chi connectivity index (χ1n) is 7.06. The lowest BCUT2D eigenvalue weighted by Crippen LogP contribution is -2.54. The number of likely N-dealkylation sites (N-methyl/N-ethyl adjacent to an activating group) is 2. The third-order valence-corrected chi connectivity index (χ3v) is 4.62. The fraction of sp³-hybridized carbons (Fsp3) is 0.533. The zero-order valence-electron chi connectivity index (χ0n) is 12.6. The zero-order valence-corrected chi connectivity index (χ0v) is 13.4. The van der Waals surface area contributed by atoms with Gasteiger partial charge in [-0.05, 0) is 26.2 Å². The summed E-state index contributed by atoms with van der Waals surface area (Å²) in [5.41, 5.74) is 5.34. The van der Waals surface area contributed by atoms with Crippen molar-refractivity contribution in [2.45, 2.75) is 6.04 Å². The summed E-state index contributed by atoms with van der Waals surface area (Å²) in [6.07, 6.45) is 0. The maximum Gasteiger partial charge on any atom is 0.261 e. The van der Waals surface area contributed by atoms with Crippen molar-refractivity contribution in [3.05, 3.63) is 21.9 Å². The van der Waals surface area contributed by atoms with Crippen LogP contribution in [0.4, 0.5) is 0 Å². The Hall–Kier alpha value is -1.39. The number of nitrogens with one attached hydrogen (secondary N) is 1. The molecule has 3 N–H and O–H groups in total. The van der Waals surface area contributed by atoms with Gasteiger partial charge in [-0.2, -0.15) is 0 Å². The number of hydrogen-bond acceptors (Lipinski definition) is 5. The van der Waals surface area contributed by atoms with E-state index in [0.29, 0.717) is 24.0 Å². The number of thiophene rings is 1. The van der Waals surface area contributed by atoms with E-state index in [-0.39, 0.29) is 5.91 Å². The van der Waals surface area contributed by atoms with Crippen LogP contribution in [-0.4, -0.2) is 68.6 Å². The van der Waals surface area contributed by atoms with E-state index in [1.807, 2.05) is 12.1 Å². The number of nitrogens with two attached hydrogens (primary N) is 1. The molecule has 5 nitrogen and oxygen atoms in total. The van der Waals surface area contributed by atoms with Gasteiger partial charge in [0, 0.05) is 32.2 Å². The third-order valence-electron chi connectivity index (χ3n) is 3.62. The Morgan fingerprint density at radius 2 is 2.29 bits per heavy atom. The van der Waals surface area contributed by atoms with Crippen LogP contribution in [-0.2, 0) is 0 Å². The number of carbonyl (C=O) groups excluding carboxylic acids is 1. The molecule has 2 heterocycles. The maximum atomic E-state index is 12.2. The standard InChI is InChI=1S/C15H22N4OS/c1-18-8-9-19(2)12(11-18)10-17-15(20)14-6-5-13(21-14)4-3-7-16/h5-6,12H,7-11,16H2,1-2H3,(H,17,20). The van der Waals surface area contributed by atoms with Gasteiger partial charge in [0.15, 0.2) is 0 Å². The highest BCUT2D eigenvalue weighted by atomic mass is 32.1. The van der Waals surface area contributed by atoms with Gasteiger partial charge in [-0.25, -0.2) is 0 Å². The average Bonchev–Trinajstić information content (AvgIpc) is 2.94. The molecule has 1 atom stereocenters. The van der Waals surface area contributed by atoms with Crippen LogP contribution in [0.25, 0.3) is 0 Å². The molecule has 6 heteroatoms. The predicted octanol–water partition coefficient (Wildman–Crippen LogP) is 0.0339. The lowest BCUT2D eigenvalue weighted by Gasteiger charge is -2.37. The fourth-order valence-corrected chi connectivity index (χ4v) is 3.08. The van der Waals surface area contributed by atoms with Crippen molar-refractivity contribution in [2.75, 3.05) is 46.8 Å². The van der Waals surface area contributed by atoms with Crippen LogP contribution in [0.2, 0.25) is 0 Å². The van der Waals surface area contributed by atoms with E-state index in [9.17, 15) is 4.79 Å². The van der Waals surface area contributed by atoms with Gasteiger partial charge < -0.3 is 16.0 Å². The monoisotopic (exact) mass is 306 g/mol. The minimum Gasteiger partial charge on any atom is -0.350 e. The number of nitrogens with zero attached hydrogens (tertiary/aromatic N) is 2. The Kier molecular flexibility index (Phi) is 5.76. The minimum atomic E-state index is -0.0255. The van der Waals surface area contributed by atoms with Gasteiger partial charge >= 0.3 is 0 Å². The van der Waals surface area contributed by atoms with Crippen molar-refractivity contribution in [3.63, 3.8) is 0 Å². The van der Waals surface area contributed by atoms with Gasteiger partial charge in [0.05, 0.1) is 16.3 Å². The van der Waals surface area contributed by atoms with Crippen molar-refractivity contribution < 1.29 is 4.79 Å². The first kappa shape index (κ1) is 16.0. The molecule has 1 amide bonds. The van der Waals surface area contributed by atoms with Gasteiger partial charge in [0.1, 0.15) is 0 Å². The van der Waals surface area contributed by atoms with Crippen LogP contribution in [0.3, 0.4) is 0 Å². The lowest BCUT2D eigenvalue weighted by atomic mass is 10.2. The predicted molar refractivity (Wildman–Crippen MR) is 86.5 cm³/mol. The first-order chi connectivity index (χ1) is 10.1. The summed E-state index contributed by atoms with van der Waals surface area (Å²) in [4.78, 5) is 18.3. The smallest absolute Gasteiger partial charge is 0.261 e. The highest BCUT2D eigenvalue weighted by molar-refractivity contribution is 7.14. The molecule has 1 aromatic heterocycles. The van der Waals surface area contributed by atoms with Crippen LogP contribution >= 0.6 is 11.3 Å². The Bertz CT molecular complexity index is 545. The van der Waals surface area contributed by atoms with Gasteiger partial charge in [-0.1, -0.05) is 11.8 Å². The Morgan fingerprint density at radius 3 is 3.05 bits per heavy atom. The fourth-order valence-electron chi connectivity index (χ4n) is 2.28. The summed E-state index contributed by atoms with van der Waals surface area (Å²) in [7, 11) is 4.22. The van der Waals surface area contributed by atoms with Crippen molar-refractivity contribution in [3.8, 4) is 11.8 Å². The van der Waals surface area contributed by atoms with Gasteiger partial charge in [0.2, 0.25) is 0 Å². The van der Waals surface area contributed by atoms with Crippen LogP contribution in [0.15, 0.2) is 12.1 Å². The Labute approximate surface area is 130 Å². The second kappa shape index (κ2) is 7.57. The summed E-state index contributed by atoms with van der Waals surface area (Å²) in [5.74, 6) is 5.72. The molecule has 21 heavy (non-hydrogen) atoms. The van der Waals surface area contributed by atoms with Gasteiger partial charge in [0.25, 0.3) is 5.91 Å². The number of amides is 1. The molecule has 1 unspecified atom stereocenters. The zero-order chi connectivity index (χ0) is 15.2. The maximum absolute atomic E-state index is 12.2. The molecule has 0 aromatic carbocycles. The third kappa shape index (κ3) is 4.55. The summed E-state index contributed by atoms with van der Waals surface area (Å²) in [6, 6.07) is 4.05. The molecule has 2 rings (SSSR count). The molecule has 0 bridgehead atoms. The van der Waals surface area contributed by atoms with E-state index in [1.165, 1.54) is 11.3 Å². The van der Waals surface area contributed by atoms with E-state index in [2.05, 4.69) is 41.1 Å². The van der Waals surface area contributed by atoms with E-state index in [4.69, 9.17) is 5.73 Å². The molecule has 0 radical (unpaired) electrons. The Morgan fingerprint density at radius 1 is 1.48 bits per heavy atom. The number of carbonyl (C=O) groups is 1. The summed E-state index contributed by atoms with van der Waals surface area (Å²) in [6.45, 7) is 4.10. The minimum absolute atomic E-state index is 0.0255. The Balaban J connectivity index is 1.88. The topological polar surface area (TPSA) is 61.6 Å². The van der Waals surface area contributed by atoms with Crippen molar-refractivity contribution >= 4 is 17.2 Å². The van der Waals surface area contributed by atoms with E-state index in [1.54, 1.807) is 0 Å². The molecular weight excluding hydrogens is 284 g/mol. The van der Waals surface area contributed by atoms with Crippen molar-refractivity contribution in [2.24, 2.45) is 5.73 Å². The second-order valence-corrected chi connectivity index (χ2v) is 6.36. The average molecular weight is 306 g/mol. The molecular formula is C15H22N4OS. The largest absolute Gasteiger partial charge is 0.350 e. The number of piperazine rings is 1. The normalized spacial score (nSPS) is 19.9. The molecule has 114 valence electrons. The van der Waals surface area contributed by atoms with Gasteiger partial charge in [-0.15, -0.1) is 11.3 Å². The molecule has 1 aromatic rings. The molecule has 0 saturated carbocycles. The lowest BCUT2D eigenvalue weighted by molar-refractivity contribution is 0.0884. The van der Waals surface area contributed by atoms with Crippen LogP contribution < -0.4 is 11.1 Å².